The number of rotatable bonds is 4. The fourth-order valence-electron chi connectivity index (χ4n) is 1.89. The molecular weight excluding hydrogens is 248 g/mol. The smallest absolute Gasteiger partial charge is 0.226 e. The van der Waals surface area contributed by atoms with Gasteiger partial charge >= 0.3 is 0 Å². The van der Waals surface area contributed by atoms with Crippen LogP contribution in [0.3, 0.4) is 0 Å². The predicted octanol–water partition coefficient (Wildman–Crippen LogP) is 1.46. The van der Waals surface area contributed by atoms with Gasteiger partial charge in [-0.15, -0.1) is 0 Å². The van der Waals surface area contributed by atoms with Crippen LogP contribution in [0.5, 0.6) is 0 Å². The van der Waals surface area contributed by atoms with Crippen molar-refractivity contribution < 1.29 is 4.52 Å². The first-order valence-electron chi connectivity index (χ1n) is 6.35. The third kappa shape index (κ3) is 3.70. The lowest BCUT2D eigenvalue weighted by Gasteiger charge is -2.29. The quantitative estimate of drug-likeness (QED) is 0.893. The van der Waals surface area contributed by atoms with Crippen LogP contribution in [0, 0.1) is 0 Å². The monoisotopic (exact) mass is 270 g/mol. The minimum absolute atomic E-state index is 0.188. The molecule has 1 atom stereocenters. The highest BCUT2D eigenvalue weighted by atomic mass is 32.2. The summed E-state index contributed by atoms with van der Waals surface area (Å²) in [6.45, 7) is 5.10. The molecule has 2 rings (SSSR count). The number of thioether (sulfide) groups is 1. The Kier molecular flexibility index (Phi) is 4.29. The molecule has 1 aromatic heterocycles. The van der Waals surface area contributed by atoms with Crippen LogP contribution in [0.25, 0.3) is 0 Å². The van der Waals surface area contributed by atoms with E-state index in [0.29, 0.717) is 5.89 Å². The largest absolute Gasteiger partial charge is 0.339 e. The number of nitrogens with zero attached hydrogens (tertiary/aromatic N) is 3. The lowest BCUT2D eigenvalue weighted by molar-refractivity contribution is 0.256. The van der Waals surface area contributed by atoms with E-state index in [0.717, 1.165) is 31.0 Å². The van der Waals surface area contributed by atoms with Crippen molar-refractivity contribution in [2.24, 2.45) is 5.73 Å². The van der Waals surface area contributed by atoms with Crippen LogP contribution >= 0.6 is 11.8 Å². The van der Waals surface area contributed by atoms with E-state index in [-0.39, 0.29) is 11.6 Å². The zero-order valence-corrected chi connectivity index (χ0v) is 12.2. The van der Waals surface area contributed by atoms with Gasteiger partial charge < -0.3 is 10.3 Å². The Morgan fingerprint density at radius 2 is 2.33 bits per heavy atom. The van der Waals surface area contributed by atoms with Crippen molar-refractivity contribution in [1.29, 1.82) is 0 Å². The second-order valence-corrected chi connectivity index (χ2v) is 6.76. The van der Waals surface area contributed by atoms with Crippen molar-refractivity contribution in [1.82, 2.24) is 15.0 Å². The Morgan fingerprint density at radius 1 is 1.56 bits per heavy atom. The van der Waals surface area contributed by atoms with Gasteiger partial charge in [-0.1, -0.05) is 5.16 Å². The van der Waals surface area contributed by atoms with E-state index in [1.54, 1.807) is 0 Å². The van der Waals surface area contributed by atoms with Gasteiger partial charge in [0.25, 0.3) is 0 Å². The van der Waals surface area contributed by atoms with E-state index in [2.05, 4.69) is 22.1 Å². The van der Waals surface area contributed by atoms with Crippen LogP contribution in [-0.2, 0) is 6.42 Å². The van der Waals surface area contributed by atoms with Crippen LogP contribution in [0.4, 0.5) is 0 Å². The zero-order valence-electron chi connectivity index (χ0n) is 11.3. The Labute approximate surface area is 112 Å². The second kappa shape index (κ2) is 5.59. The average molecular weight is 270 g/mol. The molecule has 0 aromatic carbocycles. The molecule has 5 nitrogen and oxygen atoms in total. The van der Waals surface area contributed by atoms with Crippen molar-refractivity contribution in [2.45, 2.75) is 38.3 Å². The summed E-state index contributed by atoms with van der Waals surface area (Å²) in [4.78, 5) is 6.79. The van der Waals surface area contributed by atoms with Crippen molar-refractivity contribution >= 4 is 11.8 Å². The third-order valence-electron chi connectivity index (χ3n) is 3.16. The summed E-state index contributed by atoms with van der Waals surface area (Å²) in [5.41, 5.74) is 5.77. The van der Waals surface area contributed by atoms with Crippen LogP contribution in [0.15, 0.2) is 4.52 Å². The normalized spacial score (nSPS) is 22.3. The minimum Gasteiger partial charge on any atom is -0.339 e. The molecule has 1 fully saturated rings. The zero-order chi connectivity index (χ0) is 13.2. The molecule has 0 amide bonds. The Balaban J connectivity index is 1.97. The fraction of sp³-hybridized carbons (Fsp3) is 0.833. The third-order valence-corrected chi connectivity index (χ3v) is 4.18. The summed E-state index contributed by atoms with van der Waals surface area (Å²) in [6, 6.07) is 0.284. The summed E-state index contributed by atoms with van der Waals surface area (Å²) in [5, 5.41) is 4.11. The molecule has 18 heavy (non-hydrogen) atoms. The molecule has 0 aliphatic carbocycles. The lowest BCUT2D eigenvalue weighted by atomic mass is 10.0. The topological polar surface area (TPSA) is 68.2 Å². The van der Waals surface area contributed by atoms with Crippen LogP contribution in [0.2, 0.25) is 0 Å². The maximum Gasteiger partial charge on any atom is 0.226 e. The van der Waals surface area contributed by atoms with Crippen LogP contribution in [0.1, 0.15) is 38.0 Å². The minimum atomic E-state index is -0.188. The highest BCUT2D eigenvalue weighted by Gasteiger charge is 2.26. The van der Waals surface area contributed by atoms with Crippen LogP contribution in [-0.4, -0.2) is 45.7 Å². The number of aromatic nitrogens is 2. The summed E-state index contributed by atoms with van der Waals surface area (Å²) in [7, 11) is 2.11. The van der Waals surface area contributed by atoms with Gasteiger partial charge in [-0.05, 0) is 27.3 Å². The highest BCUT2D eigenvalue weighted by Crippen LogP contribution is 2.26. The molecule has 2 heterocycles. The summed E-state index contributed by atoms with van der Waals surface area (Å²) in [6.07, 6.45) is 1.60. The lowest BCUT2D eigenvalue weighted by Crippen LogP contribution is -2.33. The Morgan fingerprint density at radius 3 is 3.00 bits per heavy atom. The second-order valence-electron chi connectivity index (χ2n) is 5.61. The standard InChI is InChI=1S/C12H22N4OS/c1-12(2,13)5-4-10-14-11(15-17-10)9-8-18-7-6-16(9)3/h9H,4-8,13H2,1-3H3. The molecule has 6 heteroatoms. The van der Waals surface area contributed by atoms with Gasteiger partial charge in [-0.25, -0.2) is 0 Å². The average Bonchev–Trinajstić information content (AvgIpc) is 2.75. The van der Waals surface area contributed by atoms with E-state index in [1.807, 2.05) is 25.6 Å². The molecule has 2 N–H and O–H groups in total. The molecule has 1 aliphatic heterocycles. The molecule has 0 radical (unpaired) electrons. The maximum absolute atomic E-state index is 5.95. The van der Waals surface area contributed by atoms with Crippen molar-refractivity contribution in [3.05, 3.63) is 11.7 Å². The van der Waals surface area contributed by atoms with Crippen molar-refractivity contribution in [2.75, 3.05) is 25.1 Å². The first-order valence-corrected chi connectivity index (χ1v) is 7.50. The van der Waals surface area contributed by atoms with Gasteiger partial charge in [-0.2, -0.15) is 16.7 Å². The van der Waals surface area contributed by atoms with Gasteiger partial charge in [0.2, 0.25) is 5.89 Å². The van der Waals surface area contributed by atoms with E-state index in [1.165, 1.54) is 5.75 Å². The Bertz CT molecular complexity index is 388. The van der Waals surface area contributed by atoms with Gasteiger partial charge in [0.1, 0.15) is 0 Å². The summed E-state index contributed by atoms with van der Waals surface area (Å²) >= 11 is 1.95. The fourth-order valence-corrected chi connectivity index (χ4v) is 3.10. The number of hydrogen-bond acceptors (Lipinski definition) is 6. The summed E-state index contributed by atoms with van der Waals surface area (Å²) < 4.78 is 5.31. The SMILES string of the molecule is CN1CCSCC1c1noc(CCC(C)(C)N)n1. The molecule has 102 valence electrons. The number of nitrogens with two attached hydrogens (primary N) is 1. The molecule has 0 bridgehead atoms. The summed E-state index contributed by atoms with van der Waals surface area (Å²) in [5.74, 6) is 3.73. The first-order chi connectivity index (χ1) is 8.46. The number of hydrogen-bond donors (Lipinski definition) is 1. The van der Waals surface area contributed by atoms with Gasteiger partial charge in [0.05, 0.1) is 6.04 Å². The number of aryl methyl sites for hydroxylation is 1. The molecule has 0 spiro atoms. The van der Waals surface area contributed by atoms with E-state index in [4.69, 9.17) is 10.3 Å². The van der Waals surface area contributed by atoms with Gasteiger partial charge in [0.15, 0.2) is 5.82 Å². The first kappa shape index (κ1) is 13.8. The molecular formula is C12H22N4OS. The molecule has 1 saturated heterocycles. The molecule has 1 aliphatic rings. The molecule has 0 saturated carbocycles. The van der Waals surface area contributed by atoms with Gasteiger partial charge in [0, 0.05) is 30.0 Å². The van der Waals surface area contributed by atoms with Crippen molar-refractivity contribution in [3.8, 4) is 0 Å². The molecule has 1 aromatic rings. The highest BCUT2D eigenvalue weighted by molar-refractivity contribution is 7.99. The van der Waals surface area contributed by atoms with E-state index in [9.17, 15) is 0 Å². The van der Waals surface area contributed by atoms with E-state index < -0.39 is 0 Å². The Hall–Kier alpha value is -0.590. The van der Waals surface area contributed by atoms with E-state index >= 15 is 0 Å². The van der Waals surface area contributed by atoms with Crippen molar-refractivity contribution in [3.63, 3.8) is 0 Å². The van der Waals surface area contributed by atoms with Crippen LogP contribution < -0.4 is 5.73 Å². The maximum atomic E-state index is 5.95. The van der Waals surface area contributed by atoms with Gasteiger partial charge in [-0.3, -0.25) is 4.90 Å². The molecule has 1 unspecified atom stereocenters. The predicted molar refractivity (Wildman–Crippen MR) is 73.6 cm³/mol.